The van der Waals surface area contributed by atoms with E-state index < -0.39 is 29.6 Å². The molecule has 23 heavy (non-hydrogen) atoms. The molecule has 0 aromatic heterocycles. The highest BCUT2D eigenvalue weighted by molar-refractivity contribution is 5.67. The lowest BCUT2D eigenvalue weighted by Gasteiger charge is -2.13. The lowest BCUT2D eigenvalue weighted by Crippen LogP contribution is -2.29. The van der Waals surface area contributed by atoms with Crippen molar-refractivity contribution in [2.75, 3.05) is 6.54 Å². The zero-order chi connectivity index (χ0) is 16.8. The summed E-state index contributed by atoms with van der Waals surface area (Å²) in [7, 11) is 0. The molecule has 0 bridgehead atoms. The average Bonchev–Trinajstić information content (AvgIpc) is 2.56. The fourth-order valence-electron chi connectivity index (χ4n) is 1.84. The predicted octanol–water partition coefficient (Wildman–Crippen LogP) is 3.06. The van der Waals surface area contributed by atoms with Gasteiger partial charge in [-0.05, 0) is 23.3 Å². The molecule has 1 amide bonds. The summed E-state index contributed by atoms with van der Waals surface area (Å²) in [5.41, 5.74) is 0.593. The van der Waals surface area contributed by atoms with Gasteiger partial charge in [0.25, 0.3) is 0 Å². The minimum Gasteiger partial charge on any atom is -0.445 e. The normalized spacial score (nSPS) is 11.8. The van der Waals surface area contributed by atoms with Gasteiger partial charge in [-0.15, -0.1) is 0 Å². The second-order valence-electron chi connectivity index (χ2n) is 4.76. The number of hydrogen-bond acceptors (Lipinski definition) is 3. The van der Waals surface area contributed by atoms with E-state index in [1.54, 1.807) is 24.3 Å². The molecule has 0 spiro atoms. The van der Waals surface area contributed by atoms with Crippen LogP contribution in [0.25, 0.3) is 0 Å². The third-order valence-corrected chi connectivity index (χ3v) is 3.04. The first-order valence-electron chi connectivity index (χ1n) is 6.74. The zero-order valence-corrected chi connectivity index (χ0v) is 11.9. The number of aliphatic hydroxyl groups excluding tert-OH is 1. The Morgan fingerprint density at radius 2 is 1.74 bits per heavy atom. The average molecular weight is 325 g/mol. The van der Waals surface area contributed by atoms with Gasteiger partial charge in [0.05, 0.1) is 12.6 Å². The standard InChI is InChI=1S/C16H14F3NO3/c17-12-6-11(7-13(18)15(12)19)14(21)8-20-16(22)23-9-10-4-2-1-3-5-10/h1-7,14,21H,8-9H2,(H,20,22). The number of benzene rings is 2. The zero-order valence-electron chi connectivity index (χ0n) is 11.9. The summed E-state index contributed by atoms with van der Waals surface area (Å²) >= 11 is 0. The van der Waals surface area contributed by atoms with Crippen LogP contribution in [0.2, 0.25) is 0 Å². The lowest BCUT2D eigenvalue weighted by atomic mass is 10.1. The molecule has 1 unspecified atom stereocenters. The second kappa shape index (κ2) is 7.64. The summed E-state index contributed by atoms with van der Waals surface area (Å²) in [4.78, 5) is 11.5. The highest BCUT2D eigenvalue weighted by Gasteiger charge is 2.16. The van der Waals surface area contributed by atoms with Gasteiger partial charge in [0, 0.05) is 0 Å². The van der Waals surface area contributed by atoms with Gasteiger partial charge in [-0.2, -0.15) is 0 Å². The number of amides is 1. The van der Waals surface area contributed by atoms with E-state index in [1.165, 1.54) is 0 Å². The first-order valence-corrected chi connectivity index (χ1v) is 6.74. The van der Waals surface area contributed by atoms with Gasteiger partial charge >= 0.3 is 6.09 Å². The maximum absolute atomic E-state index is 13.1. The smallest absolute Gasteiger partial charge is 0.407 e. The molecule has 4 nitrogen and oxygen atoms in total. The molecule has 2 aromatic rings. The number of nitrogens with one attached hydrogen (secondary N) is 1. The second-order valence-corrected chi connectivity index (χ2v) is 4.76. The van der Waals surface area contributed by atoms with E-state index in [-0.39, 0.29) is 18.7 Å². The minimum absolute atomic E-state index is 0.0442. The molecule has 2 N–H and O–H groups in total. The molecular weight excluding hydrogens is 311 g/mol. The summed E-state index contributed by atoms with van der Waals surface area (Å²) < 4.78 is 43.9. The van der Waals surface area contributed by atoms with Crippen LogP contribution >= 0.6 is 0 Å². The summed E-state index contributed by atoms with van der Waals surface area (Å²) in [5.74, 6) is -4.44. The summed E-state index contributed by atoms with van der Waals surface area (Å²) in [6, 6.07) is 10.3. The van der Waals surface area contributed by atoms with E-state index >= 15 is 0 Å². The number of alkyl carbamates (subject to hydrolysis) is 1. The SMILES string of the molecule is O=C(NCC(O)c1cc(F)c(F)c(F)c1)OCc1ccccc1. The van der Waals surface area contributed by atoms with Gasteiger partial charge in [0.15, 0.2) is 17.5 Å². The Balaban J connectivity index is 1.84. The van der Waals surface area contributed by atoms with Gasteiger partial charge in [-0.3, -0.25) is 0 Å². The molecule has 0 heterocycles. The van der Waals surface area contributed by atoms with Crippen LogP contribution in [0.3, 0.4) is 0 Å². The molecule has 2 aromatic carbocycles. The molecular formula is C16H14F3NO3. The number of hydrogen-bond donors (Lipinski definition) is 2. The fraction of sp³-hybridized carbons (Fsp3) is 0.188. The quantitative estimate of drug-likeness (QED) is 0.831. The predicted molar refractivity (Wildman–Crippen MR) is 75.9 cm³/mol. The number of ether oxygens (including phenoxy) is 1. The van der Waals surface area contributed by atoms with Crippen LogP contribution in [0.4, 0.5) is 18.0 Å². The van der Waals surface area contributed by atoms with Crippen molar-refractivity contribution in [3.8, 4) is 0 Å². The fourth-order valence-corrected chi connectivity index (χ4v) is 1.84. The maximum atomic E-state index is 13.1. The molecule has 0 saturated carbocycles. The van der Waals surface area contributed by atoms with E-state index in [9.17, 15) is 23.1 Å². The Morgan fingerprint density at radius 1 is 1.13 bits per heavy atom. The molecule has 0 aliphatic rings. The number of halogens is 3. The van der Waals surface area contributed by atoms with Crippen LogP contribution < -0.4 is 5.32 Å². The van der Waals surface area contributed by atoms with Crippen molar-refractivity contribution in [2.45, 2.75) is 12.7 Å². The Kier molecular flexibility index (Phi) is 5.59. The van der Waals surface area contributed by atoms with Crippen molar-refractivity contribution in [3.05, 3.63) is 71.0 Å². The number of carbonyl (C=O) groups is 1. The number of rotatable bonds is 5. The maximum Gasteiger partial charge on any atom is 0.407 e. The highest BCUT2D eigenvalue weighted by Crippen LogP contribution is 2.18. The highest BCUT2D eigenvalue weighted by atomic mass is 19.2. The van der Waals surface area contributed by atoms with Gasteiger partial charge in [-0.1, -0.05) is 30.3 Å². The van der Waals surface area contributed by atoms with Crippen molar-refractivity contribution in [3.63, 3.8) is 0 Å². The topological polar surface area (TPSA) is 58.6 Å². The van der Waals surface area contributed by atoms with Gasteiger partial charge in [-0.25, -0.2) is 18.0 Å². The summed E-state index contributed by atoms with van der Waals surface area (Å²) in [6.45, 7) is -0.291. The summed E-state index contributed by atoms with van der Waals surface area (Å²) in [5, 5.41) is 12.0. The van der Waals surface area contributed by atoms with Gasteiger partial charge in [0.1, 0.15) is 6.61 Å². The molecule has 0 saturated heterocycles. The molecule has 0 radical (unpaired) electrons. The van der Waals surface area contributed by atoms with Crippen molar-refractivity contribution in [1.29, 1.82) is 0 Å². The number of carbonyl (C=O) groups excluding carboxylic acids is 1. The van der Waals surface area contributed by atoms with E-state index in [4.69, 9.17) is 4.74 Å². The van der Waals surface area contributed by atoms with Crippen molar-refractivity contribution in [1.82, 2.24) is 5.32 Å². The molecule has 0 aliphatic carbocycles. The van der Waals surface area contributed by atoms with Crippen LogP contribution in [0.15, 0.2) is 42.5 Å². The monoisotopic (exact) mass is 325 g/mol. The molecule has 2 rings (SSSR count). The molecule has 122 valence electrons. The van der Waals surface area contributed by atoms with E-state index in [2.05, 4.69) is 5.32 Å². The van der Waals surface area contributed by atoms with Crippen LogP contribution in [0.5, 0.6) is 0 Å². The third kappa shape index (κ3) is 4.72. The lowest BCUT2D eigenvalue weighted by molar-refractivity contribution is 0.125. The van der Waals surface area contributed by atoms with Crippen LogP contribution in [-0.4, -0.2) is 17.7 Å². The van der Waals surface area contributed by atoms with E-state index in [1.807, 2.05) is 6.07 Å². The Labute approximate surface area is 130 Å². The van der Waals surface area contributed by atoms with Crippen molar-refractivity contribution >= 4 is 6.09 Å². The van der Waals surface area contributed by atoms with Crippen molar-refractivity contribution in [2.24, 2.45) is 0 Å². The first-order chi connectivity index (χ1) is 11.0. The Bertz CT molecular complexity index is 657. The van der Waals surface area contributed by atoms with Gasteiger partial charge in [0.2, 0.25) is 0 Å². The van der Waals surface area contributed by atoms with Crippen LogP contribution in [0.1, 0.15) is 17.2 Å². The number of aliphatic hydroxyl groups is 1. The summed E-state index contributed by atoms with van der Waals surface area (Å²) in [6.07, 6.45) is -2.19. The molecule has 7 heteroatoms. The Morgan fingerprint density at radius 3 is 2.35 bits per heavy atom. The molecule has 0 fully saturated rings. The van der Waals surface area contributed by atoms with Crippen molar-refractivity contribution < 1.29 is 27.8 Å². The van der Waals surface area contributed by atoms with Crippen LogP contribution in [0, 0.1) is 17.5 Å². The van der Waals surface area contributed by atoms with E-state index in [0.717, 1.165) is 5.56 Å². The minimum atomic E-state index is -1.61. The molecule has 1 atom stereocenters. The van der Waals surface area contributed by atoms with E-state index in [0.29, 0.717) is 12.1 Å². The van der Waals surface area contributed by atoms with Gasteiger partial charge < -0.3 is 15.2 Å². The first kappa shape index (κ1) is 16.8. The Hall–Kier alpha value is -2.54. The molecule has 0 aliphatic heterocycles. The third-order valence-electron chi connectivity index (χ3n) is 3.04. The largest absolute Gasteiger partial charge is 0.445 e. The van der Waals surface area contributed by atoms with Crippen LogP contribution in [-0.2, 0) is 11.3 Å².